The molecule has 0 radical (unpaired) electrons. The van der Waals surface area contributed by atoms with Gasteiger partial charge in [-0.2, -0.15) is 0 Å². The van der Waals surface area contributed by atoms with E-state index in [1.165, 1.54) is 65.4 Å². The Balaban J connectivity index is 1.78. The zero-order chi connectivity index (χ0) is 17.5. The number of aromatic nitrogens is 3. The number of nitrogens with one attached hydrogen (secondary N) is 3. The fraction of sp³-hybridized carbons (Fsp3) is 0. The third kappa shape index (κ3) is 1.57. The van der Waals surface area contributed by atoms with Gasteiger partial charge in [0.05, 0.1) is 11.0 Å². The molecule has 126 valence electrons. The van der Waals surface area contributed by atoms with Crippen LogP contribution in [0.1, 0.15) is 0 Å². The Morgan fingerprint density at radius 2 is 0.852 bits per heavy atom. The monoisotopic (exact) mass is 345 g/mol. The molecule has 27 heavy (non-hydrogen) atoms. The van der Waals surface area contributed by atoms with Crippen molar-refractivity contribution in [2.24, 2.45) is 0 Å². The lowest BCUT2D eigenvalue weighted by atomic mass is 10.1. The van der Waals surface area contributed by atoms with Crippen molar-refractivity contribution in [3.05, 3.63) is 72.8 Å². The predicted octanol–water partition coefficient (Wildman–Crippen LogP) is 6.59. The van der Waals surface area contributed by atoms with Crippen molar-refractivity contribution in [3.63, 3.8) is 0 Å². The summed E-state index contributed by atoms with van der Waals surface area (Å²) in [5.74, 6) is 0. The van der Waals surface area contributed by atoms with Crippen molar-refractivity contribution in [1.82, 2.24) is 15.0 Å². The molecule has 0 unspecified atom stereocenters. The molecule has 0 saturated heterocycles. The van der Waals surface area contributed by atoms with Gasteiger partial charge in [0.25, 0.3) is 0 Å². The molecule has 0 aliphatic heterocycles. The Labute approximate surface area is 153 Å². The molecule has 0 bridgehead atoms. The topological polar surface area (TPSA) is 47.4 Å². The second kappa shape index (κ2) is 4.51. The summed E-state index contributed by atoms with van der Waals surface area (Å²) in [6, 6.07) is 25.9. The lowest BCUT2D eigenvalue weighted by molar-refractivity contribution is 1.54. The summed E-state index contributed by atoms with van der Waals surface area (Å²) in [5.41, 5.74) is 7.11. The van der Waals surface area contributed by atoms with Gasteiger partial charge in [-0.25, -0.2) is 0 Å². The molecule has 0 saturated carbocycles. The summed E-state index contributed by atoms with van der Waals surface area (Å²) in [4.78, 5) is 10.9. The average Bonchev–Trinajstić information content (AvgIpc) is 3.37. The van der Waals surface area contributed by atoms with Gasteiger partial charge in [0.15, 0.2) is 0 Å². The van der Waals surface area contributed by atoms with E-state index in [2.05, 4.69) is 87.7 Å². The molecule has 0 aliphatic carbocycles. The van der Waals surface area contributed by atoms with Crippen LogP contribution in [-0.4, -0.2) is 15.0 Å². The molecule has 3 nitrogen and oxygen atoms in total. The van der Waals surface area contributed by atoms with Gasteiger partial charge in [-0.15, -0.1) is 0 Å². The molecule has 0 spiro atoms. The summed E-state index contributed by atoms with van der Waals surface area (Å²) in [6.45, 7) is 0. The fourth-order valence-corrected chi connectivity index (χ4v) is 4.72. The molecule has 3 heteroatoms. The number of hydrogen-bond acceptors (Lipinski definition) is 0. The standard InChI is InChI=1S/C24H15N3/c1-3-7-17-15(5-1)21-19(25-17)11-9-13-14-10-12-20-22(24(14)27-23(13)21)16-6-2-4-8-18(16)26-20/h1-12,25-27H. The van der Waals surface area contributed by atoms with Crippen molar-refractivity contribution in [1.29, 1.82) is 0 Å². The second-order valence-corrected chi connectivity index (χ2v) is 7.29. The molecule has 7 rings (SSSR count). The van der Waals surface area contributed by atoms with Gasteiger partial charge in [0.2, 0.25) is 0 Å². The molecule has 3 N–H and O–H groups in total. The van der Waals surface area contributed by atoms with E-state index in [4.69, 9.17) is 0 Å². The summed E-state index contributed by atoms with van der Waals surface area (Å²) < 4.78 is 0. The zero-order valence-corrected chi connectivity index (χ0v) is 14.4. The quantitative estimate of drug-likeness (QED) is 0.278. The van der Waals surface area contributed by atoms with Crippen LogP contribution in [0.5, 0.6) is 0 Å². The third-order valence-corrected chi connectivity index (χ3v) is 5.88. The third-order valence-electron chi connectivity index (χ3n) is 5.88. The van der Waals surface area contributed by atoms with Gasteiger partial charge < -0.3 is 15.0 Å². The maximum Gasteiger partial charge on any atom is 0.0566 e. The molecule has 3 heterocycles. The highest BCUT2D eigenvalue weighted by atomic mass is 14.8. The maximum absolute atomic E-state index is 3.78. The van der Waals surface area contributed by atoms with Crippen LogP contribution in [0.3, 0.4) is 0 Å². The summed E-state index contributed by atoms with van der Waals surface area (Å²) in [7, 11) is 0. The van der Waals surface area contributed by atoms with E-state index in [0.717, 1.165) is 0 Å². The number of para-hydroxylation sites is 2. The van der Waals surface area contributed by atoms with Crippen molar-refractivity contribution in [3.8, 4) is 0 Å². The molecule has 3 aromatic heterocycles. The first kappa shape index (κ1) is 13.5. The van der Waals surface area contributed by atoms with Gasteiger partial charge in [0.1, 0.15) is 0 Å². The van der Waals surface area contributed by atoms with Crippen LogP contribution in [0.4, 0.5) is 0 Å². The number of fused-ring (bicyclic) bond motifs is 11. The first-order chi connectivity index (χ1) is 13.4. The normalized spacial score (nSPS) is 12.4. The van der Waals surface area contributed by atoms with Gasteiger partial charge in [-0.3, -0.25) is 0 Å². The number of hydrogen-bond donors (Lipinski definition) is 3. The Kier molecular flexibility index (Phi) is 2.25. The molecule has 7 aromatic rings. The Morgan fingerprint density at radius 1 is 0.370 bits per heavy atom. The molecule has 0 amide bonds. The predicted molar refractivity (Wildman–Crippen MR) is 115 cm³/mol. The number of aromatic amines is 3. The van der Waals surface area contributed by atoms with E-state index >= 15 is 0 Å². The highest BCUT2D eigenvalue weighted by Gasteiger charge is 2.15. The number of rotatable bonds is 0. The fourth-order valence-electron chi connectivity index (χ4n) is 4.72. The molecule has 0 atom stereocenters. The Bertz CT molecular complexity index is 1550. The first-order valence-corrected chi connectivity index (χ1v) is 9.23. The van der Waals surface area contributed by atoms with E-state index in [0.29, 0.717) is 0 Å². The molecular weight excluding hydrogens is 330 g/mol. The van der Waals surface area contributed by atoms with Crippen LogP contribution in [-0.2, 0) is 0 Å². The minimum Gasteiger partial charge on any atom is -0.354 e. The van der Waals surface area contributed by atoms with E-state index in [9.17, 15) is 0 Å². The van der Waals surface area contributed by atoms with Gasteiger partial charge >= 0.3 is 0 Å². The van der Waals surface area contributed by atoms with E-state index in [1.807, 2.05) is 0 Å². The van der Waals surface area contributed by atoms with Crippen LogP contribution in [0, 0.1) is 0 Å². The van der Waals surface area contributed by atoms with Crippen LogP contribution in [0.25, 0.3) is 65.4 Å². The lowest BCUT2D eigenvalue weighted by Gasteiger charge is -1.95. The van der Waals surface area contributed by atoms with Crippen molar-refractivity contribution in [2.45, 2.75) is 0 Å². The second-order valence-electron chi connectivity index (χ2n) is 7.29. The van der Waals surface area contributed by atoms with Crippen molar-refractivity contribution in [2.75, 3.05) is 0 Å². The Hall–Kier alpha value is -3.72. The SMILES string of the molecule is c1ccc2c(c1)[nH]c1ccc3c4ccc5[nH]c6ccccc6c5c4[nH]c3c12. The van der Waals surface area contributed by atoms with E-state index in [1.54, 1.807) is 0 Å². The molecule has 0 aliphatic rings. The minimum absolute atomic E-state index is 1.17. The average molecular weight is 345 g/mol. The summed E-state index contributed by atoms with van der Waals surface area (Å²) in [5, 5.41) is 7.61. The first-order valence-electron chi connectivity index (χ1n) is 9.23. The van der Waals surface area contributed by atoms with Gasteiger partial charge in [-0.1, -0.05) is 48.5 Å². The largest absolute Gasteiger partial charge is 0.354 e. The summed E-state index contributed by atoms with van der Waals surface area (Å²) in [6.07, 6.45) is 0. The van der Waals surface area contributed by atoms with Gasteiger partial charge in [-0.05, 0) is 24.3 Å². The zero-order valence-electron chi connectivity index (χ0n) is 14.4. The maximum atomic E-state index is 3.78. The van der Waals surface area contributed by atoms with Gasteiger partial charge in [0, 0.05) is 54.4 Å². The lowest BCUT2D eigenvalue weighted by Crippen LogP contribution is -1.72. The van der Waals surface area contributed by atoms with Crippen LogP contribution in [0.2, 0.25) is 0 Å². The summed E-state index contributed by atoms with van der Waals surface area (Å²) >= 11 is 0. The van der Waals surface area contributed by atoms with Crippen LogP contribution in [0.15, 0.2) is 72.8 Å². The van der Waals surface area contributed by atoms with Crippen molar-refractivity contribution < 1.29 is 0 Å². The Morgan fingerprint density at radius 3 is 1.37 bits per heavy atom. The molecule has 0 fully saturated rings. The smallest absolute Gasteiger partial charge is 0.0566 e. The highest BCUT2D eigenvalue weighted by Crippen LogP contribution is 2.39. The van der Waals surface area contributed by atoms with Crippen molar-refractivity contribution >= 4 is 65.4 Å². The molecule has 4 aromatic carbocycles. The van der Waals surface area contributed by atoms with E-state index in [-0.39, 0.29) is 0 Å². The minimum atomic E-state index is 1.17. The molecular formula is C24H15N3. The van der Waals surface area contributed by atoms with Crippen LogP contribution < -0.4 is 0 Å². The highest BCUT2D eigenvalue weighted by molar-refractivity contribution is 6.29. The van der Waals surface area contributed by atoms with E-state index < -0.39 is 0 Å². The number of benzene rings is 4. The van der Waals surface area contributed by atoms with Crippen LogP contribution >= 0.6 is 0 Å². The number of H-pyrrole nitrogens is 3.